The average molecular weight is 594 g/mol. The minimum atomic E-state index is 0. The second-order valence-corrected chi connectivity index (χ2v) is 6.90. The van der Waals surface area contributed by atoms with Crippen LogP contribution in [-0.4, -0.2) is 52.6 Å². The molecule has 0 aromatic carbocycles. The van der Waals surface area contributed by atoms with Crippen LogP contribution in [0.1, 0.15) is 56.5 Å². The fourth-order valence-corrected chi connectivity index (χ4v) is 3.08. The first-order valence-corrected chi connectivity index (χ1v) is 9.21. The number of hydrogen-bond donors (Lipinski definition) is 2. The van der Waals surface area contributed by atoms with Crippen LogP contribution in [0.3, 0.4) is 0 Å². The van der Waals surface area contributed by atoms with Gasteiger partial charge in [0.2, 0.25) is 0 Å². The molecule has 161 valence electrons. The number of nitrogens with one attached hydrogen (secondary N) is 2. The molecule has 0 atom stereocenters. The van der Waals surface area contributed by atoms with E-state index in [9.17, 15) is 0 Å². The molecular formula is C18H29Cl3N7Nd. The summed E-state index contributed by atoms with van der Waals surface area (Å²) in [6, 6.07) is 4.13. The van der Waals surface area contributed by atoms with E-state index in [1.54, 1.807) is 0 Å². The summed E-state index contributed by atoms with van der Waals surface area (Å²) in [5, 5.41) is 13.3. The summed E-state index contributed by atoms with van der Waals surface area (Å²) in [6.07, 6.45) is 4.92. The van der Waals surface area contributed by atoms with Gasteiger partial charge in [0.25, 0.3) is 0 Å². The summed E-state index contributed by atoms with van der Waals surface area (Å²) in [7, 11) is 0. The van der Waals surface area contributed by atoms with Gasteiger partial charge in [0.15, 0.2) is 0 Å². The molecular weight excluding hydrogens is 565 g/mol. The number of halogens is 3. The Morgan fingerprint density at radius 1 is 0.793 bits per heavy atom. The van der Waals surface area contributed by atoms with Crippen molar-refractivity contribution in [3.63, 3.8) is 0 Å². The Morgan fingerprint density at radius 2 is 1.14 bits per heavy atom. The van der Waals surface area contributed by atoms with Gasteiger partial charge in [0.1, 0.15) is 0 Å². The first kappa shape index (κ1) is 31.4. The third-order valence-electron chi connectivity index (χ3n) is 4.64. The fraction of sp³-hybridized carbons (Fsp3) is 0.611. The number of hydrogen-bond acceptors (Lipinski definition) is 7. The number of rotatable bonds is 6. The van der Waals surface area contributed by atoms with Crippen LogP contribution < -0.4 is 48.3 Å². The van der Waals surface area contributed by atoms with E-state index < -0.39 is 0 Å². The molecule has 2 saturated heterocycles. The van der Waals surface area contributed by atoms with E-state index in [0.717, 1.165) is 54.6 Å². The number of hydrazone groups is 2. The van der Waals surface area contributed by atoms with Crippen LogP contribution >= 0.6 is 0 Å². The van der Waals surface area contributed by atoms with Crippen LogP contribution in [0.15, 0.2) is 22.3 Å². The molecule has 1 aromatic heterocycles. The molecule has 2 fully saturated rings. The van der Waals surface area contributed by atoms with Crippen LogP contribution in [0.5, 0.6) is 0 Å². The van der Waals surface area contributed by atoms with Gasteiger partial charge in [-0.1, -0.05) is 0 Å². The fourth-order valence-electron chi connectivity index (χ4n) is 3.08. The van der Waals surface area contributed by atoms with E-state index in [4.69, 9.17) is 4.98 Å². The molecule has 0 spiro atoms. The van der Waals surface area contributed by atoms with Crippen molar-refractivity contribution in [1.82, 2.24) is 26.1 Å². The van der Waals surface area contributed by atoms with Crippen molar-refractivity contribution in [3.05, 3.63) is 29.1 Å². The Hall–Kier alpha value is 0.231. The summed E-state index contributed by atoms with van der Waals surface area (Å²) in [5.74, 6) is 0. The molecule has 3 rings (SSSR count). The molecule has 0 unspecified atom stereocenters. The van der Waals surface area contributed by atoms with E-state index in [-0.39, 0.29) is 78.1 Å². The second kappa shape index (κ2) is 15.9. The van der Waals surface area contributed by atoms with Gasteiger partial charge in [0, 0.05) is 26.2 Å². The van der Waals surface area contributed by atoms with Crippen LogP contribution in [0.2, 0.25) is 0 Å². The number of pyridine rings is 1. The molecule has 1 aromatic rings. The van der Waals surface area contributed by atoms with E-state index in [0.29, 0.717) is 0 Å². The van der Waals surface area contributed by atoms with Gasteiger partial charge in [-0.25, -0.2) is 26.1 Å². The molecule has 3 heterocycles. The third kappa shape index (κ3) is 9.93. The van der Waals surface area contributed by atoms with Gasteiger partial charge in [0.05, 0.1) is 22.8 Å². The molecule has 2 aliphatic rings. The zero-order chi connectivity index (χ0) is 17.6. The number of hydrazine groups is 2. The van der Waals surface area contributed by atoms with Crippen molar-refractivity contribution in [2.24, 2.45) is 10.2 Å². The zero-order valence-electron chi connectivity index (χ0n) is 17.2. The van der Waals surface area contributed by atoms with Gasteiger partial charge in [-0.2, -0.15) is 10.2 Å². The van der Waals surface area contributed by atoms with Crippen LogP contribution in [0.25, 0.3) is 0 Å². The van der Waals surface area contributed by atoms with Gasteiger partial charge in [-0.15, -0.1) is 0 Å². The molecule has 11 heteroatoms. The summed E-state index contributed by atoms with van der Waals surface area (Å²) < 4.78 is 0. The topological polar surface area (TPSA) is 68.2 Å². The molecule has 7 nitrogen and oxygen atoms in total. The van der Waals surface area contributed by atoms with Gasteiger partial charge < -0.3 is 37.2 Å². The quantitative estimate of drug-likeness (QED) is 0.254. The third-order valence-corrected chi connectivity index (χ3v) is 4.64. The van der Waals surface area contributed by atoms with Crippen molar-refractivity contribution in [3.8, 4) is 0 Å². The van der Waals surface area contributed by atoms with Crippen molar-refractivity contribution in [1.29, 1.82) is 0 Å². The summed E-state index contributed by atoms with van der Waals surface area (Å²) in [6.45, 7) is 10.3. The normalized spacial score (nSPS) is 17.5. The van der Waals surface area contributed by atoms with E-state index >= 15 is 0 Å². The van der Waals surface area contributed by atoms with Crippen molar-refractivity contribution in [2.45, 2.75) is 46.5 Å². The number of nitrogens with zero attached hydrogens (tertiary/aromatic N) is 5. The first-order valence-electron chi connectivity index (χ1n) is 9.21. The molecule has 0 aliphatic carbocycles. The van der Waals surface area contributed by atoms with Crippen LogP contribution in [-0.2, 0) is 0 Å². The smallest absolute Gasteiger partial charge is 1.00 e. The molecule has 29 heavy (non-hydrogen) atoms. The molecule has 2 aliphatic heterocycles. The molecule has 0 amide bonds. The standard InChI is InChI=1S/C18H29N7.3ClH.Nd/c1-14-12-17(15(2)20-22-24-8-4-5-9-24)19-18(13-14)16(3)21-23-25-10-6-7-11-25;;;;/h12-13,22-23H,4-11H2,1-3H3;3*1H;/q;;;;+3/p-3. The maximum Gasteiger partial charge on any atom is 3.00 e. The maximum atomic E-state index is 4.75. The second-order valence-electron chi connectivity index (χ2n) is 6.90. The Kier molecular flexibility index (Phi) is 17.3. The largest absolute Gasteiger partial charge is 3.00 e. The zero-order valence-corrected chi connectivity index (χ0v) is 22.7. The van der Waals surface area contributed by atoms with E-state index in [1.807, 2.05) is 13.8 Å². The predicted molar refractivity (Wildman–Crippen MR) is 101 cm³/mol. The van der Waals surface area contributed by atoms with Gasteiger partial charge >= 0.3 is 40.8 Å². The van der Waals surface area contributed by atoms with Crippen molar-refractivity contribution < 1.29 is 78.1 Å². The Labute approximate surface area is 225 Å². The predicted octanol–water partition coefficient (Wildman–Crippen LogP) is -6.95. The number of aryl methyl sites for hydroxylation is 1. The molecule has 1 radical (unpaired) electrons. The van der Waals surface area contributed by atoms with E-state index in [1.165, 1.54) is 25.7 Å². The first-order chi connectivity index (χ1) is 12.1. The summed E-state index contributed by atoms with van der Waals surface area (Å²) >= 11 is 0. The summed E-state index contributed by atoms with van der Waals surface area (Å²) in [5.41, 5.74) is 11.0. The summed E-state index contributed by atoms with van der Waals surface area (Å²) in [4.78, 5) is 4.75. The van der Waals surface area contributed by atoms with Gasteiger partial charge in [-0.3, -0.25) is 0 Å². The van der Waals surface area contributed by atoms with Gasteiger partial charge in [-0.05, 0) is 64.2 Å². The molecule has 0 bridgehead atoms. The van der Waals surface area contributed by atoms with E-state index in [2.05, 4.69) is 50.3 Å². The van der Waals surface area contributed by atoms with Crippen LogP contribution in [0.4, 0.5) is 0 Å². The van der Waals surface area contributed by atoms with Crippen molar-refractivity contribution >= 4 is 11.4 Å². The Bertz CT molecular complexity index is 609. The Balaban J connectivity index is 0. The average Bonchev–Trinajstić information content (AvgIpc) is 3.30. The molecule has 2 N–H and O–H groups in total. The monoisotopic (exact) mass is 590 g/mol. The molecule has 0 saturated carbocycles. The Morgan fingerprint density at radius 3 is 1.48 bits per heavy atom. The maximum absolute atomic E-state index is 4.75. The minimum absolute atomic E-state index is 0. The van der Waals surface area contributed by atoms with Crippen molar-refractivity contribution in [2.75, 3.05) is 26.2 Å². The van der Waals surface area contributed by atoms with Crippen LogP contribution in [0, 0.1) is 47.8 Å². The number of aromatic nitrogens is 1. The minimum Gasteiger partial charge on any atom is -1.00 e. The SMILES string of the molecule is CC(=NNN1CCCC1)c1cc(C)cc(C(C)=NNN2CCCC2)n1.[Cl-].[Cl-].[Cl-].[Nd+3].